The second-order valence-electron chi connectivity index (χ2n) is 4.61. The van der Waals surface area contributed by atoms with E-state index in [1.807, 2.05) is 0 Å². The molecule has 0 aliphatic rings. The van der Waals surface area contributed by atoms with Crippen molar-refractivity contribution in [1.29, 1.82) is 0 Å². The largest absolute Gasteiger partial charge is 0.481 e. The molecule has 1 rings (SSSR count). The number of amides is 1. The Morgan fingerprint density at radius 3 is 2.43 bits per heavy atom. The molecule has 0 spiro atoms. The molecule has 1 atom stereocenters. The molecule has 0 aliphatic heterocycles. The molecule has 1 N–H and O–H groups in total. The van der Waals surface area contributed by atoms with Crippen LogP contribution in [0.15, 0.2) is 18.2 Å². The maximum Gasteiger partial charge on any atom is 0.417 e. The number of carbonyl (C=O) groups is 2. The number of alkyl halides is 3. The molecular formula is C13H13ClF3NO3. The SMILES string of the molecule is CC(CN(C)C(=O)c1ccc(Cl)cc1C(F)(F)F)C(=O)O. The number of benzene rings is 1. The Balaban J connectivity index is 3.10. The zero-order valence-electron chi connectivity index (χ0n) is 11.2. The van der Waals surface area contributed by atoms with E-state index in [2.05, 4.69) is 0 Å². The number of nitrogens with zero attached hydrogens (tertiary/aromatic N) is 1. The van der Waals surface area contributed by atoms with Gasteiger partial charge >= 0.3 is 12.1 Å². The van der Waals surface area contributed by atoms with E-state index in [-0.39, 0.29) is 11.6 Å². The van der Waals surface area contributed by atoms with Gasteiger partial charge in [-0.1, -0.05) is 18.5 Å². The number of carbonyl (C=O) groups excluding carboxylic acids is 1. The molecule has 0 aliphatic carbocycles. The first-order chi connectivity index (χ1) is 9.54. The van der Waals surface area contributed by atoms with Crippen LogP contribution in [0.2, 0.25) is 5.02 Å². The molecule has 1 aromatic rings. The number of hydrogen-bond acceptors (Lipinski definition) is 2. The summed E-state index contributed by atoms with van der Waals surface area (Å²) in [6, 6.07) is 2.83. The van der Waals surface area contributed by atoms with Crippen LogP contribution in [0.3, 0.4) is 0 Å². The summed E-state index contributed by atoms with van der Waals surface area (Å²) < 4.78 is 38.8. The lowest BCUT2D eigenvalue weighted by molar-refractivity contribution is -0.141. The van der Waals surface area contributed by atoms with Gasteiger partial charge in [0.15, 0.2) is 0 Å². The van der Waals surface area contributed by atoms with Gasteiger partial charge in [-0.2, -0.15) is 13.2 Å². The minimum atomic E-state index is -4.73. The molecule has 21 heavy (non-hydrogen) atoms. The van der Waals surface area contributed by atoms with Gasteiger partial charge in [-0.05, 0) is 18.2 Å². The summed E-state index contributed by atoms with van der Waals surface area (Å²) in [6.07, 6.45) is -4.73. The first kappa shape index (κ1) is 17.3. The third-order valence-electron chi connectivity index (χ3n) is 2.83. The van der Waals surface area contributed by atoms with E-state index in [1.165, 1.54) is 20.0 Å². The minimum absolute atomic E-state index is 0.138. The van der Waals surface area contributed by atoms with E-state index >= 15 is 0 Å². The average molecular weight is 324 g/mol. The van der Waals surface area contributed by atoms with Crippen molar-refractivity contribution in [2.24, 2.45) is 5.92 Å². The number of hydrogen-bond donors (Lipinski definition) is 1. The number of rotatable bonds is 4. The van der Waals surface area contributed by atoms with Crippen molar-refractivity contribution in [2.75, 3.05) is 13.6 Å². The lowest BCUT2D eigenvalue weighted by Gasteiger charge is -2.21. The first-order valence-electron chi connectivity index (χ1n) is 5.89. The van der Waals surface area contributed by atoms with Crippen LogP contribution >= 0.6 is 11.6 Å². The molecule has 0 radical (unpaired) electrons. The lowest BCUT2D eigenvalue weighted by atomic mass is 10.1. The molecule has 0 heterocycles. The van der Waals surface area contributed by atoms with Gasteiger partial charge in [0.2, 0.25) is 0 Å². The summed E-state index contributed by atoms with van der Waals surface area (Å²) in [4.78, 5) is 23.7. The van der Waals surface area contributed by atoms with Crippen LogP contribution in [0.25, 0.3) is 0 Å². The highest BCUT2D eigenvalue weighted by Crippen LogP contribution is 2.34. The van der Waals surface area contributed by atoms with E-state index in [4.69, 9.17) is 16.7 Å². The normalized spacial score (nSPS) is 12.9. The summed E-state index contributed by atoms with van der Waals surface area (Å²) >= 11 is 5.53. The van der Waals surface area contributed by atoms with Gasteiger partial charge in [-0.15, -0.1) is 0 Å². The number of halogens is 4. The average Bonchev–Trinajstić information content (AvgIpc) is 2.36. The monoisotopic (exact) mass is 323 g/mol. The summed E-state index contributed by atoms with van der Waals surface area (Å²) in [5.74, 6) is -2.94. The highest BCUT2D eigenvalue weighted by Gasteiger charge is 2.36. The molecule has 1 unspecified atom stereocenters. The Labute approximate surface area is 124 Å². The van der Waals surface area contributed by atoms with E-state index < -0.39 is 35.1 Å². The van der Waals surface area contributed by atoms with Crippen LogP contribution < -0.4 is 0 Å². The van der Waals surface area contributed by atoms with Crippen molar-refractivity contribution < 1.29 is 27.9 Å². The summed E-state index contributed by atoms with van der Waals surface area (Å²) in [5.41, 5.74) is -1.71. The second kappa shape index (κ2) is 6.34. The number of carboxylic acids is 1. The quantitative estimate of drug-likeness (QED) is 0.926. The zero-order valence-corrected chi connectivity index (χ0v) is 12.0. The van der Waals surface area contributed by atoms with Crippen molar-refractivity contribution in [1.82, 2.24) is 4.90 Å². The number of aliphatic carboxylic acids is 1. The lowest BCUT2D eigenvalue weighted by Crippen LogP contribution is -2.34. The Morgan fingerprint density at radius 2 is 1.95 bits per heavy atom. The molecule has 0 bridgehead atoms. The maximum absolute atomic E-state index is 12.9. The molecule has 1 aromatic carbocycles. The third-order valence-corrected chi connectivity index (χ3v) is 3.07. The number of carboxylic acid groups (broad SMARTS) is 1. The molecule has 0 aromatic heterocycles. The van der Waals surface area contributed by atoms with Gasteiger partial charge in [0.05, 0.1) is 17.0 Å². The minimum Gasteiger partial charge on any atom is -0.481 e. The molecule has 0 saturated carbocycles. The molecule has 4 nitrogen and oxygen atoms in total. The Bertz CT molecular complexity index is 560. The van der Waals surface area contributed by atoms with Crippen LogP contribution in [0, 0.1) is 5.92 Å². The van der Waals surface area contributed by atoms with Gasteiger partial charge in [0.1, 0.15) is 0 Å². The van der Waals surface area contributed by atoms with Crippen LogP contribution in [0.4, 0.5) is 13.2 Å². The molecule has 1 amide bonds. The fourth-order valence-electron chi connectivity index (χ4n) is 1.71. The predicted molar refractivity (Wildman–Crippen MR) is 70.2 cm³/mol. The van der Waals surface area contributed by atoms with E-state index in [0.717, 1.165) is 11.0 Å². The topological polar surface area (TPSA) is 57.6 Å². The van der Waals surface area contributed by atoms with E-state index in [0.29, 0.717) is 6.07 Å². The first-order valence-corrected chi connectivity index (χ1v) is 6.27. The van der Waals surface area contributed by atoms with Gasteiger partial charge < -0.3 is 10.0 Å². The summed E-state index contributed by atoms with van der Waals surface area (Å²) in [6.45, 7) is 1.16. The fraction of sp³-hybridized carbons (Fsp3) is 0.385. The molecule has 0 saturated heterocycles. The molecule has 8 heteroatoms. The van der Waals surface area contributed by atoms with Gasteiger partial charge in [-0.25, -0.2) is 0 Å². The Morgan fingerprint density at radius 1 is 1.38 bits per heavy atom. The van der Waals surface area contributed by atoms with Gasteiger partial charge in [0.25, 0.3) is 5.91 Å². The van der Waals surface area contributed by atoms with Gasteiger partial charge in [-0.3, -0.25) is 9.59 Å². The third kappa shape index (κ3) is 4.35. The summed E-state index contributed by atoms with van der Waals surface area (Å²) in [5, 5.41) is 8.63. The fourth-order valence-corrected chi connectivity index (χ4v) is 1.89. The highest BCUT2D eigenvalue weighted by molar-refractivity contribution is 6.30. The summed E-state index contributed by atoms with van der Waals surface area (Å²) in [7, 11) is 1.25. The standard InChI is InChI=1S/C13H13ClF3NO3/c1-7(12(20)21)6-18(2)11(19)9-4-3-8(14)5-10(9)13(15,16)17/h3-5,7H,6H2,1-2H3,(H,20,21). The van der Waals surface area contributed by atoms with Crippen molar-refractivity contribution in [3.63, 3.8) is 0 Å². The van der Waals surface area contributed by atoms with Crippen molar-refractivity contribution in [3.05, 3.63) is 34.3 Å². The molecular weight excluding hydrogens is 311 g/mol. The van der Waals surface area contributed by atoms with Crippen molar-refractivity contribution >= 4 is 23.5 Å². The van der Waals surface area contributed by atoms with Crippen molar-refractivity contribution in [3.8, 4) is 0 Å². The molecule has 0 fully saturated rings. The van der Waals surface area contributed by atoms with Crippen LogP contribution in [-0.2, 0) is 11.0 Å². The Kier molecular flexibility index (Phi) is 5.22. The van der Waals surface area contributed by atoms with E-state index in [1.54, 1.807) is 0 Å². The highest BCUT2D eigenvalue weighted by atomic mass is 35.5. The second-order valence-corrected chi connectivity index (χ2v) is 5.05. The maximum atomic E-state index is 12.9. The molecule has 116 valence electrons. The van der Waals surface area contributed by atoms with Crippen LogP contribution in [0.1, 0.15) is 22.8 Å². The van der Waals surface area contributed by atoms with Crippen LogP contribution in [0.5, 0.6) is 0 Å². The zero-order chi connectivity index (χ0) is 16.4. The van der Waals surface area contributed by atoms with E-state index in [9.17, 15) is 22.8 Å². The van der Waals surface area contributed by atoms with Crippen molar-refractivity contribution in [2.45, 2.75) is 13.1 Å². The smallest absolute Gasteiger partial charge is 0.417 e. The van der Waals surface area contributed by atoms with Crippen LogP contribution in [-0.4, -0.2) is 35.5 Å². The predicted octanol–water partition coefficient (Wildman–Crippen LogP) is 3.15. The Hall–Kier alpha value is -1.76. The van der Waals surface area contributed by atoms with Gasteiger partial charge in [0, 0.05) is 18.6 Å².